The molecule has 1 saturated heterocycles. The number of non-ortho nitro benzene ring substituents is 1. The summed E-state index contributed by atoms with van der Waals surface area (Å²) in [7, 11) is 0. The molecule has 0 saturated carbocycles. The smallest absolute Gasteiger partial charge is 0.269 e. The van der Waals surface area contributed by atoms with Gasteiger partial charge in [0.15, 0.2) is 0 Å². The van der Waals surface area contributed by atoms with Gasteiger partial charge >= 0.3 is 0 Å². The number of rotatable bonds is 4. The van der Waals surface area contributed by atoms with E-state index in [0.717, 1.165) is 31.5 Å². The number of carbonyl (C=O) groups is 1. The predicted molar refractivity (Wildman–Crippen MR) is 75.7 cm³/mol. The first kappa shape index (κ1) is 14.2. The summed E-state index contributed by atoms with van der Waals surface area (Å²) in [6, 6.07) is 6.07. The van der Waals surface area contributed by atoms with Crippen molar-refractivity contribution in [3.8, 4) is 0 Å². The van der Waals surface area contributed by atoms with Gasteiger partial charge in [-0.25, -0.2) is 5.01 Å². The lowest BCUT2D eigenvalue weighted by Gasteiger charge is -2.26. The second-order valence-corrected chi connectivity index (χ2v) is 4.71. The Morgan fingerprint density at radius 3 is 2.45 bits per heavy atom. The standard InChI is InChI=1S/C14H17N3O3/c18-14(15-16-10-2-1-3-11-16)9-6-12-4-7-13(8-5-12)17(19)20/h4-9H,1-3,10-11H2,(H,15,18). The topological polar surface area (TPSA) is 75.5 Å². The first-order valence-corrected chi connectivity index (χ1v) is 6.63. The quantitative estimate of drug-likeness (QED) is 0.519. The molecule has 0 atom stereocenters. The van der Waals surface area contributed by atoms with Crippen LogP contribution in [0.15, 0.2) is 30.3 Å². The van der Waals surface area contributed by atoms with E-state index < -0.39 is 4.92 Å². The summed E-state index contributed by atoms with van der Waals surface area (Å²) >= 11 is 0. The number of carbonyl (C=O) groups excluding carboxylic acids is 1. The minimum Gasteiger partial charge on any atom is -0.285 e. The molecule has 1 heterocycles. The van der Waals surface area contributed by atoms with Crippen molar-refractivity contribution in [3.05, 3.63) is 46.0 Å². The Labute approximate surface area is 117 Å². The van der Waals surface area contributed by atoms with Gasteiger partial charge < -0.3 is 0 Å². The Bertz CT molecular complexity index is 505. The molecule has 2 rings (SSSR count). The fraction of sp³-hybridized carbons (Fsp3) is 0.357. The third-order valence-corrected chi connectivity index (χ3v) is 3.16. The molecular formula is C14H17N3O3. The van der Waals surface area contributed by atoms with Crippen molar-refractivity contribution >= 4 is 17.7 Å². The summed E-state index contributed by atoms with van der Waals surface area (Å²) in [5, 5.41) is 12.4. The molecule has 1 aliphatic rings. The average molecular weight is 275 g/mol. The van der Waals surface area contributed by atoms with Crippen molar-refractivity contribution in [1.29, 1.82) is 0 Å². The minimum atomic E-state index is -0.448. The number of nitrogens with zero attached hydrogens (tertiary/aromatic N) is 2. The number of hydrazine groups is 1. The third-order valence-electron chi connectivity index (χ3n) is 3.16. The van der Waals surface area contributed by atoms with Gasteiger partial charge in [-0.3, -0.25) is 20.3 Å². The highest BCUT2D eigenvalue weighted by Gasteiger charge is 2.10. The molecule has 1 fully saturated rings. The number of nitro benzene ring substituents is 1. The van der Waals surface area contributed by atoms with E-state index in [4.69, 9.17) is 0 Å². The van der Waals surface area contributed by atoms with E-state index in [2.05, 4.69) is 5.43 Å². The highest BCUT2D eigenvalue weighted by atomic mass is 16.6. The van der Waals surface area contributed by atoms with Crippen LogP contribution >= 0.6 is 0 Å². The number of nitrogens with one attached hydrogen (secondary N) is 1. The summed E-state index contributed by atoms with van der Waals surface area (Å²) in [5.41, 5.74) is 3.61. The summed E-state index contributed by atoms with van der Waals surface area (Å²) < 4.78 is 0. The van der Waals surface area contributed by atoms with E-state index >= 15 is 0 Å². The molecule has 6 heteroatoms. The highest BCUT2D eigenvalue weighted by Crippen LogP contribution is 2.12. The summed E-state index contributed by atoms with van der Waals surface area (Å²) in [6.07, 6.45) is 6.50. The lowest BCUT2D eigenvalue weighted by atomic mass is 10.2. The fourth-order valence-corrected chi connectivity index (χ4v) is 2.08. The van der Waals surface area contributed by atoms with Gasteiger partial charge in [0.2, 0.25) is 0 Å². The van der Waals surface area contributed by atoms with Crippen molar-refractivity contribution in [2.24, 2.45) is 0 Å². The molecule has 0 aliphatic carbocycles. The van der Waals surface area contributed by atoms with Gasteiger partial charge in [-0.05, 0) is 36.6 Å². The Balaban J connectivity index is 1.87. The van der Waals surface area contributed by atoms with Crippen molar-refractivity contribution in [1.82, 2.24) is 10.4 Å². The fourth-order valence-electron chi connectivity index (χ4n) is 2.08. The first-order valence-electron chi connectivity index (χ1n) is 6.63. The van der Waals surface area contributed by atoms with E-state index in [1.807, 2.05) is 5.01 Å². The normalized spacial score (nSPS) is 16.2. The Morgan fingerprint density at radius 2 is 1.85 bits per heavy atom. The van der Waals surface area contributed by atoms with E-state index in [1.165, 1.54) is 24.6 Å². The Kier molecular flexibility index (Phi) is 4.84. The summed E-state index contributed by atoms with van der Waals surface area (Å²) in [4.78, 5) is 21.8. The number of piperidine rings is 1. The van der Waals surface area contributed by atoms with Crippen LogP contribution in [-0.2, 0) is 4.79 Å². The Morgan fingerprint density at radius 1 is 1.20 bits per heavy atom. The van der Waals surface area contributed by atoms with Crippen LogP contribution in [0.25, 0.3) is 6.08 Å². The largest absolute Gasteiger partial charge is 0.285 e. The van der Waals surface area contributed by atoms with Gasteiger partial charge in [-0.1, -0.05) is 6.42 Å². The molecule has 0 aromatic heterocycles. The van der Waals surface area contributed by atoms with E-state index in [-0.39, 0.29) is 11.6 Å². The number of hydrogen-bond acceptors (Lipinski definition) is 4. The Hall–Kier alpha value is -2.21. The molecule has 1 N–H and O–H groups in total. The average Bonchev–Trinajstić information content (AvgIpc) is 2.46. The summed E-state index contributed by atoms with van der Waals surface area (Å²) in [6.45, 7) is 1.77. The van der Waals surface area contributed by atoms with Crippen LogP contribution in [0.2, 0.25) is 0 Å². The molecule has 1 aromatic carbocycles. The maximum absolute atomic E-state index is 11.7. The lowest BCUT2D eigenvalue weighted by molar-refractivity contribution is -0.384. The zero-order valence-corrected chi connectivity index (χ0v) is 11.1. The second-order valence-electron chi connectivity index (χ2n) is 4.71. The molecule has 20 heavy (non-hydrogen) atoms. The van der Waals surface area contributed by atoms with Crippen LogP contribution in [0.1, 0.15) is 24.8 Å². The maximum Gasteiger partial charge on any atom is 0.269 e. The van der Waals surface area contributed by atoms with Gasteiger partial charge in [0.1, 0.15) is 0 Å². The summed E-state index contributed by atoms with van der Waals surface area (Å²) in [5.74, 6) is -0.176. The molecule has 1 aromatic rings. The zero-order valence-electron chi connectivity index (χ0n) is 11.1. The van der Waals surface area contributed by atoms with E-state index in [9.17, 15) is 14.9 Å². The van der Waals surface area contributed by atoms with Crippen LogP contribution < -0.4 is 5.43 Å². The molecule has 0 radical (unpaired) electrons. The van der Waals surface area contributed by atoms with Gasteiger partial charge in [0.05, 0.1) is 4.92 Å². The van der Waals surface area contributed by atoms with Gasteiger partial charge in [-0.15, -0.1) is 0 Å². The third kappa shape index (κ3) is 4.17. The van der Waals surface area contributed by atoms with Crippen LogP contribution in [0, 0.1) is 10.1 Å². The molecule has 106 valence electrons. The van der Waals surface area contributed by atoms with Gasteiger partial charge in [-0.2, -0.15) is 0 Å². The molecule has 0 spiro atoms. The van der Waals surface area contributed by atoms with Crippen molar-refractivity contribution < 1.29 is 9.72 Å². The van der Waals surface area contributed by atoms with Gasteiger partial charge in [0, 0.05) is 31.3 Å². The molecule has 0 unspecified atom stereocenters. The number of hydrogen-bond donors (Lipinski definition) is 1. The first-order chi connectivity index (χ1) is 9.65. The zero-order chi connectivity index (χ0) is 14.4. The van der Waals surface area contributed by atoms with Crippen LogP contribution in [0.4, 0.5) is 5.69 Å². The molecule has 1 aliphatic heterocycles. The number of amides is 1. The van der Waals surface area contributed by atoms with Crippen LogP contribution in [0.5, 0.6) is 0 Å². The number of benzene rings is 1. The maximum atomic E-state index is 11.7. The minimum absolute atomic E-state index is 0.0416. The molecule has 6 nitrogen and oxygen atoms in total. The molecule has 0 bridgehead atoms. The highest BCUT2D eigenvalue weighted by molar-refractivity contribution is 5.91. The van der Waals surface area contributed by atoms with E-state index in [1.54, 1.807) is 18.2 Å². The van der Waals surface area contributed by atoms with Gasteiger partial charge in [0.25, 0.3) is 11.6 Å². The van der Waals surface area contributed by atoms with Crippen LogP contribution in [0.3, 0.4) is 0 Å². The monoisotopic (exact) mass is 275 g/mol. The number of nitro groups is 1. The molecule has 1 amide bonds. The SMILES string of the molecule is O=C(C=Cc1ccc([N+](=O)[O-])cc1)NN1CCCCC1. The predicted octanol–water partition coefficient (Wildman–Crippen LogP) is 2.13. The lowest BCUT2D eigenvalue weighted by Crippen LogP contribution is -2.44. The molecular weight excluding hydrogens is 258 g/mol. The van der Waals surface area contributed by atoms with Crippen molar-refractivity contribution in [2.45, 2.75) is 19.3 Å². The van der Waals surface area contributed by atoms with Crippen molar-refractivity contribution in [2.75, 3.05) is 13.1 Å². The van der Waals surface area contributed by atoms with Crippen LogP contribution in [-0.4, -0.2) is 28.9 Å². The van der Waals surface area contributed by atoms with E-state index in [0.29, 0.717) is 0 Å². The van der Waals surface area contributed by atoms with Crippen molar-refractivity contribution in [3.63, 3.8) is 0 Å². The second kappa shape index (κ2) is 6.81.